The monoisotopic (exact) mass is 447 g/mol. The molecule has 0 amide bonds. The van der Waals surface area contributed by atoms with Crippen molar-refractivity contribution in [3.05, 3.63) is 52.0 Å². The Balaban J connectivity index is 1.79. The van der Waals surface area contributed by atoms with E-state index in [0.29, 0.717) is 18.7 Å². The van der Waals surface area contributed by atoms with Crippen LogP contribution in [0.3, 0.4) is 0 Å². The minimum absolute atomic E-state index is 0.149. The highest BCUT2D eigenvalue weighted by atomic mass is 79.9. The third-order valence-corrected chi connectivity index (χ3v) is 5.86. The predicted molar refractivity (Wildman–Crippen MR) is 107 cm³/mol. The highest BCUT2D eigenvalue weighted by Gasteiger charge is 2.33. The van der Waals surface area contributed by atoms with Gasteiger partial charge in [0.25, 0.3) is 0 Å². The van der Waals surface area contributed by atoms with Crippen molar-refractivity contribution in [2.75, 3.05) is 27.0 Å². The lowest BCUT2D eigenvalue weighted by Gasteiger charge is -2.38. The van der Waals surface area contributed by atoms with E-state index in [4.69, 9.17) is 14.2 Å². The van der Waals surface area contributed by atoms with Gasteiger partial charge in [0.05, 0.1) is 19.1 Å². The summed E-state index contributed by atoms with van der Waals surface area (Å²) in [5.41, 5.74) is 2.01. The topological polar surface area (TPSA) is 68.2 Å². The number of carbonyl (C=O) groups is 1. The zero-order chi connectivity index (χ0) is 19.7. The van der Waals surface area contributed by atoms with Gasteiger partial charge >= 0.3 is 5.97 Å². The second-order valence-corrected chi connectivity index (χ2v) is 7.99. The molecule has 2 atom stereocenters. The van der Waals surface area contributed by atoms with Gasteiger partial charge in [-0.05, 0) is 55.3 Å². The van der Waals surface area contributed by atoms with E-state index in [0.717, 1.165) is 40.1 Å². The lowest BCUT2D eigenvalue weighted by Crippen LogP contribution is -2.41. The molecular weight excluding hydrogens is 426 g/mol. The van der Waals surface area contributed by atoms with Crippen molar-refractivity contribution >= 4 is 21.9 Å². The number of rotatable bonds is 5. The third-order valence-electron chi connectivity index (χ3n) is 5.37. The molecule has 2 aliphatic rings. The van der Waals surface area contributed by atoms with Gasteiger partial charge in [-0.3, -0.25) is 9.69 Å². The molecule has 2 aromatic carbocycles. The number of hydrogen-bond donors (Lipinski definition) is 1. The predicted octanol–water partition coefficient (Wildman–Crippen LogP) is 4.07. The van der Waals surface area contributed by atoms with Crippen LogP contribution in [0.2, 0.25) is 0 Å². The summed E-state index contributed by atoms with van der Waals surface area (Å²) >= 11 is 3.56. The normalized spacial score (nSPS) is 20.0. The molecule has 1 saturated heterocycles. The van der Waals surface area contributed by atoms with E-state index in [-0.39, 0.29) is 18.8 Å². The minimum Gasteiger partial charge on any atom is -0.496 e. The number of ether oxygens (including phenoxy) is 3. The zero-order valence-electron chi connectivity index (χ0n) is 15.6. The maximum Gasteiger partial charge on any atom is 0.307 e. The van der Waals surface area contributed by atoms with Crippen LogP contribution in [-0.2, 0) is 4.79 Å². The number of hydrogen-bond acceptors (Lipinski definition) is 5. The minimum atomic E-state index is -0.740. The maximum atomic E-state index is 11.6. The van der Waals surface area contributed by atoms with Crippen LogP contribution in [0.25, 0.3) is 0 Å². The van der Waals surface area contributed by atoms with Crippen LogP contribution in [0.5, 0.6) is 17.2 Å². The van der Waals surface area contributed by atoms with E-state index in [1.54, 1.807) is 7.11 Å². The number of carboxylic acid groups (broad SMARTS) is 1. The van der Waals surface area contributed by atoms with Crippen LogP contribution in [0.1, 0.15) is 30.0 Å². The van der Waals surface area contributed by atoms with Gasteiger partial charge in [0.15, 0.2) is 11.5 Å². The molecule has 148 valence electrons. The smallest absolute Gasteiger partial charge is 0.307 e. The van der Waals surface area contributed by atoms with Crippen LogP contribution in [0.4, 0.5) is 0 Å². The first kappa shape index (κ1) is 19.1. The second-order valence-electron chi connectivity index (χ2n) is 7.07. The standard InChI is InChI=1S/C21H22BrNO5/c1-26-17-7-5-15(22)10-16(17)20(23-8-2-3-14(11-23)21(24)25)13-4-6-18-19(9-13)28-12-27-18/h4-7,9-10,14,20H,2-3,8,11-12H2,1H3,(H,24,25). The highest BCUT2D eigenvalue weighted by Crippen LogP contribution is 2.42. The molecule has 7 heteroatoms. The summed E-state index contributed by atoms with van der Waals surface area (Å²) in [6, 6.07) is 11.7. The van der Waals surface area contributed by atoms with Crippen molar-refractivity contribution in [3.63, 3.8) is 0 Å². The molecule has 28 heavy (non-hydrogen) atoms. The van der Waals surface area contributed by atoms with E-state index < -0.39 is 5.97 Å². The fourth-order valence-electron chi connectivity index (χ4n) is 4.03. The summed E-state index contributed by atoms with van der Waals surface area (Å²) in [7, 11) is 1.65. The van der Waals surface area contributed by atoms with E-state index in [1.807, 2.05) is 36.4 Å². The Kier molecular flexibility index (Phi) is 5.46. The third kappa shape index (κ3) is 3.69. The molecule has 1 N–H and O–H groups in total. The van der Waals surface area contributed by atoms with E-state index >= 15 is 0 Å². The van der Waals surface area contributed by atoms with Crippen LogP contribution < -0.4 is 14.2 Å². The van der Waals surface area contributed by atoms with Gasteiger partial charge in [0.2, 0.25) is 6.79 Å². The molecule has 0 aromatic heterocycles. The fourth-order valence-corrected chi connectivity index (χ4v) is 4.41. The van der Waals surface area contributed by atoms with Crippen LogP contribution in [-0.4, -0.2) is 43.0 Å². The number of halogens is 1. The molecule has 2 aromatic rings. The molecule has 2 aliphatic heterocycles. The van der Waals surface area contributed by atoms with Crippen LogP contribution in [0.15, 0.2) is 40.9 Å². The van der Waals surface area contributed by atoms with E-state index in [2.05, 4.69) is 20.8 Å². The number of fused-ring (bicyclic) bond motifs is 1. The van der Waals surface area contributed by atoms with Crippen LogP contribution >= 0.6 is 15.9 Å². The van der Waals surface area contributed by atoms with Crippen molar-refractivity contribution in [2.24, 2.45) is 5.92 Å². The Morgan fingerprint density at radius 1 is 1.25 bits per heavy atom. The summed E-state index contributed by atoms with van der Waals surface area (Å²) in [6.45, 7) is 1.52. The van der Waals surface area contributed by atoms with Gasteiger partial charge in [0, 0.05) is 16.6 Å². The van der Waals surface area contributed by atoms with Crippen molar-refractivity contribution < 1.29 is 24.1 Å². The molecule has 0 spiro atoms. The first-order valence-corrected chi connectivity index (χ1v) is 10.1. The molecule has 0 aliphatic carbocycles. The Morgan fingerprint density at radius 2 is 2.07 bits per heavy atom. The number of likely N-dealkylation sites (tertiary alicyclic amines) is 1. The van der Waals surface area contributed by atoms with Gasteiger partial charge in [-0.15, -0.1) is 0 Å². The quantitative estimate of drug-likeness (QED) is 0.744. The highest BCUT2D eigenvalue weighted by molar-refractivity contribution is 9.10. The molecule has 6 nitrogen and oxygen atoms in total. The molecule has 2 unspecified atom stereocenters. The Labute approximate surface area is 172 Å². The van der Waals surface area contributed by atoms with E-state index in [9.17, 15) is 9.90 Å². The lowest BCUT2D eigenvalue weighted by atomic mass is 9.91. The fraction of sp³-hybridized carbons (Fsp3) is 0.381. The Morgan fingerprint density at radius 3 is 2.86 bits per heavy atom. The summed E-state index contributed by atoms with van der Waals surface area (Å²) in [4.78, 5) is 13.9. The molecule has 0 saturated carbocycles. The maximum absolute atomic E-state index is 11.6. The summed E-state index contributed by atoms with van der Waals surface area (Å²) in [6.07, 6.45) is 1.55. The molecule has 1 fully saturated rings. The summed E-state index contributed by atoms with van der Waals surface area (Å²) in [5.74, 6) is 1.09. The Bertz CT molecular complexity index is 887. The van der Waals surface area contributed by atoms with E-state index in [1.165, 1.54) is 0 Å². The average Bonchev–Trinajstić information content (AvgIpc) is 3.17. The van der Waals surface area contributed by atoms with Crippen molar-refractivity contribution in [1.29, 1.82) is 0 Å². The SMILES string of the molecule is COc1ccc(Br)cc1C(c1ccc2c(c1)OCO2)N1CCCC(C(=O)O)C1. The van der Waals surface area contributed by atoms with Gasteiger partial charge in [-0.2, -0.15) is 0 Å². The molecule has 4 rings (SSSR count). The van der Waals surface area contributed by atoms with Gasteiger partial charge in [-0.1, -0.05) is 22.0 Å². The first-order valence-electron chi connectivity index (χ1n) is 9.26. The lowest BCUT2D eigenvalue weighted by molar-refractivity contribution is -0.143. The molecule has 2 heterocycles. The van der Waals surface area contributed by atoms with Crippen molar-refractivity contribution in [3.8, 4) is 17.2 Å². The van der Waals surface area contributed by atoms with Crippen LogP contribution in [0, 0.1) is 5.92 Å². The number of aliphatic carboxylic acids is 1. The van der Waals surface area contributed by atoms with Gasteiger partial charge in [0.1, 0.15) is 5.75 Å². The Hall–Kier alpha value is -2.25. The van der Waals surface area contributed by atoms with Crippen molar-refractivity contribution in [2.45, 2.75) is 18.9 Å². The molecular formula is C21H22BrNO5. The first-order chi connectivity index (χ1) is 13.6. The summed E-state index contributed by atoms with van der Waals surface area (Å²) < 4.78 is 17.6. The zero-order valence-corrected chi connectivity index (χ0v) is 17.1. The second kappa shape index (κ2) is 8.01. The molecule has 0 bridgehead atoms. The average molecular weight is 448 g/mol. The molecule has 0 radical (unpaired) electrons. The largest absolute Gasteiger partial charge is 0.496 e. The number of piperidine rings is 1. The van der Waals surface area contributed by atoms with Crippen molar-refractivity contribution in [1.82, 2.24) is 4.90 Å². The number of nitrogens with zero attached hydrogens (tertiary/aromatic N) is 1. The summed E-state index contributed by atoms with van der Waals surface area (Å²) in [5, 5.41) is 9.56. The van der Waals surface area contributed by atoms with Gasteiger partial charge in [-0.25, -0.2) is 0 Å². The van der Waals surface area contributed by atoms with Gasteiger partial charge < -0.3 is 19.3 Å². The number of benzene rings is 2. The number of methoxy groups -OCH3 is 1. The number of carboxylic acids is 1.